The largest absolute Gasteiger partial charge is 0.349 e. The first-order valence-electron chi connectivity index (χ1n) is 9.73. The summed E-state index contributed by atoms with van der Waals surface area (Å²) in [6.45, 7) is 2.18. The predicted molar refractivity (Wildman–Crippen MR) is 97.0 cm³/mol. The molecule has 26 heavy (non-hydrogen) atoms. The van der Waals surface area contributed by atoms with E-state index in [1.165, 1.54) is 29.6 Å². The van der Waals surface area contributed by atoms with Gasteiger partial charge >= 0.3 is 0 Å². The van der Waals surface area contributed by atoms with E-state index in [0.29, 0.717) is 5.82 Å². The van der Waals surface area contributed by atoms with Gasteiger partial charge in [-0.15, -0.1) is 10.2 Å². The van der Waals surface area contributed by atoms with E-state index in [4.69, 9.17) is 0 Å². The lowest BCUT2D eigenvalue weighted by Crippen LogP contribution is -2.60. The molecule has 0 spiro atoms. The van der Waals surface area contributed by atoms with Crippen molar-refractivity contribution in [1.29, 1.82) is 0 Å². The number of aryl methyl sites for hydroxylation is 1. The van der Waals surface area contributed by atoms with Crippen molar-refractivity contribution in [3.05, 3.63) is 29.8 Å². The van der Waals surface area contributed by atoms with Crippen molar-refractivity contribution < 1.29 is 4.79 Å². The molecule has 1 N–H and O–H groups in total. The molecule has 6 heteroatoms. The minimum Gasteiger partial charge on any atom is -0.349 e. The monoisotopic (exact) mass is 351 g/mol. The molecule has 0 saturated heterocycles. The average Bonchev–Trinajstić information content (AvgIpc) is 3.02. The number of nitrogens with zero attached hydrogens (tertiary/aromatic N) is 4. The number of tetrazole rings is 1. The summed E-state index contributed by atoms with van der Waals surface area (Å²) in [6.07, 6.45) is 7.59. The van der Waals surface area contributed by atoms with Crippen LogP contribution in [0.5, 0.6) is 0 Å². The van der Waals surface area contributed by atoms with Gasteiger partial charge in [0.2, 0.25) is 11.7 Å². The summed E-state index contributed by atoms with van der Waals surface area (Å²) < 4.78 is 0. The Morgan fingerprint density at radius 3 is 2.35 bits per heavy atom. The lowest BCUT2D eigenvalue weighted by molar-refractivity contribution is -0.127. The van der Waals surface area contributed by atoms with Gasteiger partial charge < -0.3 is 5.32 Å². The van der Waals surface area contributed by atoms with Gasteiger partial charge in [-0.05, 0) is 68.4 Å². The zero-order valence-electron chi connectivity index (χ0n) is 15.2. The van der Waals surface area contributed by atoms with Crippen LogP contribution in [-0.2, 0) is 11.3 Å². The number of amides is 1. The van der Waals surface area contributed by atoms with E-state index in [0.717, 1.165) is 42.6 Å². The second-order valence-electron chi connectivity index (χ2n) is 8.76. The van der Waals surface area contributed by atoms with E-state index >= 15 is 0 Å². The van der Waals surface area contributed by atoms with Crippen LogP contribution in [0, 0.1) is 24.7 Å². The van der Waals surface area contributed by atoms with Gasteiger partial charge in [0.05, 0.1) is 0 Å². The maximum Gasteiger partial charge on any atom is 0.244 e. The minimum absolute atomic E-state index is 0.0137. The second-order valence-corrected chi connectivity index (χ2v) is 8.76. The lowest BCUT2D eigenvalue weighted by atomic mass is 9.53. The van der Waals surface area contributed by atoms with Gasteiger partial charge in [-0.3, -0.25) is 4.79 Å². The third kappa shape index (κ3) is 2.91. The molecule has 1 aromatic heterocycles. The van der Waals surface area contributed by atoms with E-state index in [9.17, 15) is 4.79 Å². The predicted octanol–water partition coefficient (Wildman–Crippen LogP) is 2.73. The molecule has 4 aliphatic carbocycles. The Morgan fingerprint density at radius 1 is 1.12 bits per heavy atom. The quantitative estimate of drug-likeness (QED) is 0.919. The summed E-state index contributed by atoms with van der Waals surface area (Å²) in [7, 11) is 0. The molecule has 6 rings (SSSR count). The Hall–Kier alpha value is -2.24. The van der Waals surface area contributed by atoms with Crippen LogP contribution in [0.25, 0.3) is 11.4 Å². The summed E-state index contributed by atoms with van der Waals surface area (Å²) in [5, 5.41) is 15.9. The first-order chi connectivity index (χ1) is 12.6. The molecule has 4 saturated carbocycles. The fourth-order valence-corrected chi connectivity index (χ4v) is 5.86. The molecular formula is C20H25N5O. The average molecular weight is 351 g/mol. The van der Waals surface area contributed by atoms with Crippen molar-refractivity contribution >= 4 is 5.91 Å². The highest BCUT2D eigenvalue weighted by Gasteiger charge is 2.51. The zero-order valence-corrected chi connectivity index (χ0v) is 15.2. The van der Waals surface area contributed by atoms with Crippen LogP contribution in [0.4, 0.5) is 0 Å². The molecule has 0 atom stereocenters. The van der Waals surface area contributed by atoms with Crippen molar-refractivity contribution in [2.24, 2.45) is 17.8 Å². The number of hydrogen-bond acceptors (Lipinski definition) is 4. The number of aromatic nitrogens is 4. The third-order valence-corrected chi connectivity index (χ3v) is 6.49. The van der Waals surface area contributed by atoms with Crippen LogP contribution >= 0.6 is 0 Å². The maximum absolute atomic E-state index is 12.6. The second kappa shape index (κ2) is 5.89. The number of rotatable bonds is 4. The fourth-order valence-electron chi connectivity index (χ4n) is 5.86. The molecule has 6 nitrogen and oxygen atoms in total. The molecule has 0 unspecified atom stereocenters. The van der Waals surface area contributed by atoms with E-state index in [-0.39, 0.29) is 18.0 Å². The normalized spacial score (nSPS) is 32.0. The van der Waals surface area contributed by atoms with E-state index in [2.05, 4.69) is 20.7 Å². The smallest absolute Gasteiger partial charge is 0.244 e. The highest BCUT2D eigenvalue weighted by molar-refractivity contribution is 5.76. The van der Waals surface area contributed by atoms with Crippen LogP contribution in [0.2, 0.25) is 0 Å². The van der Waals surface area contributed by atoms with Gasteiger partial charge in [0.25, 0.3) is 0 Å². The van der Waals surface area contributed by atoms with Crippen molar-refractivity contribution in [1.82, 2.24) is 25.5 Å². The minimum atomic E-state index is 0.0137. The molecule has 4 aliphatic rings. The summed E-state index contributed by atoms with van der Waals surface area (Å²) in [5.41, 5.74) is 2.14. The fraction of sp³-hybridized carbons (Fsp3) is 0.600. The maximum atomic E-state index is 12.6. The number of hydrogen-bond donors (Lipinski definition) is 1. The summed E-state index contributed by atoms with van der Waals surface area (Å²) in [5.74, 6) is 3.03. The molecule has 0 aliphatic heterocycles. The summed E-state index contributed by atoms with van der Waals surface area (Å²) in [4.78, 5) is 14.1. The Balaban J connectivity index is 1.26. The summed E-state index contributed by atoms with van der Waals surface area (Å²) >= 11 is 0. The molecule has 1 aromatic carbocycles. The molecule has 4 bridgehead atoms. The number of benzene rings is 1. The van der Waals surface area contributed by atoms with Crippen LogP contribution < -0.4 is 5.32 Å². The Labute approximate surface area is 153 Å². The Morgan fingerprint density at radius 2 is 1.73 bits per heavy atom. The first-order valence-corrected chi connectivity index (χ1v) is 9.73. The van der Waals surface area contributed by atoms with Crippen LogP contribution in [0.3, 0.4) is 0 Å². The first kappa shape index (κ1) is 16.0. The van der Waals surface area contributed by atoms with Gasteiger partial charge in [-0.2, -0.15) is 4.80 Å². The third-order valence-electron chi connectivity index (χ3n) is 6.49. The molecule has 1 amide bonds. The standard InChI is InChI=1S/C20H25N5O/c1-13-2-4-17(5-3-13)19-22-24-25(23-19)12-18(26)21-20-9-14-6-15(10-20)8-16(7-14)11-20/h2-5,14-16H,6-12H2,1H3,(H,21,26). The van der Waals surface area contributed by atoms with Crippen LogP contribution in [-0.4, -0.2) is 31.7 Å². The molecule has 2 aromatic rings. The van der Waals surface area contributed by atoms with E-state index in [1.54, 1.807) is 0 Å². The zero-order chi connectivity index (χ0) is 17.7. The topological polar surface area (TPSA) is 72.7 Å². The SMILES string of the molecule is Cc1ccc(-c2nnn(CC(=O)NC34CC5CC(CC(C5)C3)C4)n2)cc1. The van der Waals surface area contributed by atoms with Crippen molar-refractivity contribution in [3.8, 4) is 11.4 Å². The van der Waals surface area contributed by atoms with Crippen molar-refractivity contribution in [2.75, 3.05) is 0 Å². The van der Waals surface area contributed by atoms with Gasteiger partial charge in [0.15, 0.2) is 0 Å². The molecular weight excluding hydrogens is 326 g/mol. The van der Waals surface area contributed by atoms with Gasteiger partial charge in [-0.25, -0.2) is 0 Å². The summed E-state index contributed by atoms with van der Waals surface area (Å²) in [6, 6.07) is 8.00. The van der Waals surface area contributed by atoms with Gasteiger partial charge in [-0.1, -0.05) is 29.8 Å². The molecule has 1 heterocycles. The Bertz CT molecular complexity index is 790. The highest BCUT2D eigenvalue weighted by atomic mass is 16.2. The lowest BCUT2D eigenvalue weighted by Gasteiger charge is -2.56. The van der Waals surface area contributed by atoms with Crippen LogP contribution in [0.1, 0.15) is 44.1 Å². The van der Waals surface area contributed by atoms with Gasteiger partial charge in [0, 0.05) is 11.1 Å². The molecule has 4 fully saturated rings. The highest BCUT2D eigenvalue weighted by Crippen LogP contribution is 2.55. The van der Waals surface area contributed by atoms with Gasteiger partial charge in [0.1, 0.15) is 6.54 Å². The van der Waals surface area contributed by atoms with Crippen molar-refractivity contribution in [3.63, 3.8) is 0 Å². The van der Waals surface area contributed by atoms with E-state index < -0.39 is 0 Å². The number of carbonyl (C=O) groups excluding carboxylic acids is 1. The molecule has 0 radical (unpaired) electrons. The number of carbonyl (C=O) groups is 1. The number of nitrogens with one attached hydrogen (secondary N) is 1. The Kier molecular flexibility index (Phi) is 3.62. The molecule has 136 valence electrons. The van der Waals surface area contributed by atoms with E-state index in [1.807, 2.05) is 31.2 Å². The van der Waals surface area contributed by atoms with Crippen molar-refractivity contribution in [2.45, 2.75) is 57.5 Å². The van der Waals surface area contributed by atoms with Crippen LogP contribution in [0.15, 0.2) is 24.3 Å².